The molecule has 0 bridgehead atoms. The summed E-state index contributed by atoms with van der Waals surface area (Å²) in [5.74, 6) is 0. The average Bonchev–Trinajstić information content (AvgIpc) is 2.49. The standard InChI is InChI=1S/C17H22N2O/c1-3-14-8-10-15(11-9-14)16(18-4-2)13-19-12-6-5-7-17(19)20/h5-12,16,18H,3-4,13H2,1-2H3. The van der Waals surface area contributed by atoms with Crippen molar-refractivity contribution in [3.05, 3.63) is 70.1 Å². The molecule has 1 heterocycles. The second-order valence-corrected chi connectivity index (χ2v) is 4.90. The summed E-state index contributed by atoms with van der Waals surface area (Å²) in [6.07, 6.45) is 2.89. The van der Waals surface area contributed by atoms with E-state index in [4.69, 9.17) is 0 Å². The van der Waals surface area contributed by atoms with Crippen molar-refractivity contribution >= 4 is 0 Å². The highest BCUT2D eigenvalue weighted by atomic mass is 16.1. The molecular formula is C17H22N2O. The summed E-state index contributed by atoms with van der Waals surface area (Å²) in [4.78, 5) is 11.8. The van der Waals surface area contributed by atoms with E-state index < -0.39 is 0 Å². The van der Waals surface area contributed by atoms with Crippen molar-refractivity contribution in [3.8, 4) is 0 Å². The molecule has 3 nitrogen and oxygen atoms in total. The third-order valence-corrected chi connectivity index (χ3v) is 3.52. The lowest BCUT2D eigenvalue weighted by Crippen LogP contribution is -2.29. The molecule has 1 aromatic carbocycles. The number of aryl methyl sites for hydroxylation is 1. The molecule has 0 radical (unpaired) electrons. The minimum Gasteiger partial charge on any atom is -0.314 e. The van der Waals surface area contributed by atoms with Crippen molar-refractivity contribution in [2.45, 2.75) is 32.9 Å². The van der Waals surface area contributed by atoms with Crippen LogP contribution in [0.5, 0.6) is 0 Å². The largest absolute Gasteiger partial charge is 0.314 e. The van der Waals surface area contributed by atoms with Crippen LogP contribution in [0.25, 0.3) is 0 Å². The highest BCUT2D eigenvalue weighted by Crippen LogP contribution is 2.16. The number of rotatable bonds is 6. The highest BCUT2D eigenvalue weighted by molar-refractivity contribution is 5.25. The van der Waals surface area contributed by atoms with Crippen LogP contribution in [0, 0.1) is 0 Å². The molecule has 1 aromatic heterocycles. The maximum Gasteiger partial charge on any atom is 0.250 e. The molecule has 2 aromatic rings. The van der Waals surface area contributed by atoms with Crippen molar-refractivity contribution in [1.29, 1.82) is 0 Å². The Morgan fingerprint density at radius 1 is 1.10 bits per heavy atom. The summed E-state index contributed by atoms with van der Waals surface area (Å²) in [6.45, 7) is 5.77. The van der Waals surface area contributed by atoms with Gasteiger partial charge in [-0.25, -0.2) is 0 Å². The van der Waals surface area contributed by atoms with Gasteiger partial charge in [0, 0.05) is 18.8 Å². The maximum absolute atomic E-state index is 11.8. The number of pyridine rings is 1. The normalized spacial score (nSPS) is 12.3. The molecule has 0 aliphatic heterocycles. The second kappa shape index (κ2) is 7.06. The summed E-state index contributed by atoms with van der Waals surface area (Å²) in [6, 6.07) is 14.1. The molecular weight excluding hydrogens is 248 g/mol. The van der Waals surface area contributed by atoms with Gasteiger partial charge in [0.25, 0.3) is 5.56 Å². The van der Waals surface area contributed by atoms with Crippen molar-refractivity contribution < 1.29 is 0 Å². The Kier molecular flexibility index (Phi) is 5.13. The fourth-order valence-corrected chi connectivity index (χ4v) is 2.33. The van der Waals surface area contributed by atoms with Crippen molar-refractivity contribution in [3.63, 3.8) is 0 Å². The smallest absolute Gasteiger partial charge is 0.250 e. The minimum absolute atomic E-state index is 0.0422. The SMILES string of the molecule is CCNC(Cn1ccccc1=O)c1ccc(CC)cc1. The second-order valence-electron chi connectivity index (χ2n) is 4.90. The van der Waals surface area contributed by atoms with Crippen molar-refractivity contribution in [1.82, 2.24) is 9.88 Å². The van der Waals surface area contributed by atoms with Crippen LogP contribution in [-0.2, 0) is 13.0 Å². The van der Waals surface area contributed by atoms with Gasteiger partial charge in [-0.15, -0.1) is 0 Å². The van der Waals surface area contributed by atoms with E-state index >= 15 is 0 Å². The lowest BCUT2D eigenvalue weighted by Gasteiger charge is -2.20. The summed E-state index contributed by atoms with van der Waals surface area (Å²) in [5, 5.41) is 3.45. The number of likely N-dealkylation sites (N-methyl/N-ethyl adjacent to an activating group) is 1. The minimum atomic E-state index is 0.0422. The van der Waals surface area contributed by atoms with Gasteiger partial charge in [0.05, 0.1) is 6.04 Å². The number of hydrogen-bond acceptors (Lipinski definition) is 2. The third kappa shape index (κ3) is 3.58. The fourth-order valence-electron chi connectivity index (χ4n) is 2.33. The maximum atomic E-state index is 11.8. The van der Waals surface area contributed by atoms with Crippen LogP contribution in [0.3, 0.4) is 0 Å². The van der Waals surface area contributed by atoms with Gasteiger partial charge < -0.3 is 9.88 Å². The first-order valence-electron chi connectivity index (χ1n) is 7.22. The van der Waals surface area contributed by atoms with Crippen molar-refractivity contribution in [2.24, 2.45) is 0 Å². The van der Waals surface area contributed by atoms with E-state index in [1.807, 2.05) is 12.3 Å². The van der Waals surface area contributed by atoms with E-state index in [0.717, 1.165) is 13.0 Å². The molecule has 0 saturated heterocycles. The number of aromatic nitrogens is 1. The van der Waals surface area contributed by atoms with Crippen molar-refractivity contribution in [2.75, 3.05) is 6.54 Å². The number of nitrogens with zero attached hydrogens (tertiary/aromatic N) is 1. The van der Waals surface area contributed by atoms with E-state index in [0.29, 0.717) is 6.54 Å². The predicted molar refractivity (Wildman–Crippen MR) is 82.9 cm³/mol. The molecule has 1 N–H and O–H groups in total. The van der Waals surface area contributed by atoms with Crippen LogP contribution in [0.1, 0.15) is 31.0 Å². The Morgan fingerprint density at radius 2 is 1.85 bits per heavy atom. The molecule has 0 saturated carbocycles. The lowest BCUT2D eigenvalue weighted by atomic mass is 10.0. The number of nitrogens with one attached hydrogen (secondary N) is 1. The first-order valence-corrected chi connectivity index (χ1v) is 7.22. The van der Waals surface area contributed by atoms with Crippen LogP contribution in [0.4, 0.5) is 0 Å². The molecule has 0 fully saturated rings. The quantitative estimate of drug-likeness (QED) is 0.875. The Balaban J connectivity index is 2.22. The van der Waals surface area contributed by atoms with Crippen LogP contribution < -0.4 is 10.9 Å². The van der Waals surface area contributed by atoms with Gasteiger partial charge in [0.15, 0.2) is 0 Å². The Bertz CT molecular complexity index is 586. The Hall–Kier alpha value is -1.87. The lowest BCUT2D eigenvalue weighted by molar-refractivity contribution is 0.467. The summed E-state index contributed by atoms with van der Waals surface area (Å²) >= 11 is 0. The van der Waals surface area contributed by atoms with Gasteiger partial charge in [-0.1, -0.05) is 44.2 Å². The van der Waals surface area contributed by atoms with Gasteiger partial charge in [0.2, 0.25) is 0 Å². The Labute approximate surface area is 120 Å². The van der Waals surface area contributed by atoms with Gasteiger partial charge in [-0.05, 0) is 30.2 Å². The number of hydrogen-bond donors (Lipinski definition) is 1. The van der Waals surface area contributed by atoms with Crippen LogP contribution in [0.15, 0.2) is 53.5 Å². The summed E-state index contributed by atoms with van der Waals surface area (Å²) in [7, 11) is 0. The van der Waals surface area contributed by atoms with Crippen LogP contribution >= 0.6 is 0 Å². The molecule has 0 amide bonds. The zero-order valence-corrected chi connectivity index (χ0v) is 12.2. The average molecular weight is 270 g/mol. The highest BCUT2D eigenvalue weighted by Gasteiger charge is 2.11. The summed E-state index contributed by atoms with van der Waals surface area (Å²) in [5.41, 5.74) is 2.60. The summed E-state index contributed by atoms with van der Waals surface area (Å²) < 4.78 is 1.75. The first-order chi connectivity index (χ1) is 9.74. The monoisotopic (exact) mass is 270 g/mol. The zero-order chi connectivity index (χ0) is 14.4. The molecule has 0 aliphatic rings. The molecule has 20 heavy (non-hydrogen) atoms. The Morgan fingerprint density at radius 3 is 2.45 bits per heavy atom. The van der Waals surface area contributed by atoms with Gasteiger partial charge >= 0.3 is 0 Å². The fraction of sp³-hybridized carbons (Fsp3) is 0.353. The molecule has 0 spiro atoms. The van der Waals surface area contributed by atoms with Gasteiger partial charge in [-0.2, -0.15) is 0 Å². The molecule has 1 unspecified atom stereocenters. The van der Waals surface area contributed by atoms with E-state index in [9.17, 15) is 4.79 Å². The van der Waals surface area contributed by atoms with Crippen LogP contribution in [-0.4, -0.2) is 11.1 Å². The number of benzene rings is 1. The van der Waals surface area contributed by atoms with E-state index in [-0.39, 0.29) is 11.6 Å². The molecule has 2 rings (SSSR count). The molecule has 1 atom stereocenters. The molecule has 106 valence electrons. The van der Waals surface area contributed by atoms with E-state index in [2.05, 4.69) is 43.4 Å². The molecule has 0 aliphatic carbocycles. The zero-order valence-electron chi connectivity index (χ0n) is 12.2. The predicted octanol–water partition coefficient (Wildman–Crippen LogP) is 2.76. The van der Waals surface area contributed by atoms with Crippen LogP contribution in [0.2, 0.25) is 0 Å². The topological polar surface area (TPSA) is 34.0 Å². The van der Waals surface area contributed by atoms with E-state index in [1.54, 1.807) is 16.7 Å². The van der Waals surface area contributed by atoms with E-state index in [1.165, 1.54) is 11.1 Å². The van der Waals surface area contributed by atoms with Gasteiger partial charge in [0.1, 0.15) is 0 Å². The molecule has 3 heteroatoms. The first kappa shape index (κ1) is 14.5. The third-order valence-electron chi connectivity index (χ3n) is 3.52. The van der Waals surface area contributed by atoms with Gasteiger partial charge in [-0.3, -0.25) is 4.79 Å².